The summed E-state index contributed by atoms with van der Waals surface area (Å²) in [7, 11) is 0. The van der Waals surface area contributed by atoms with Gasteiger partial charge in [-0.05, 0) is 48.6 Å². The zero-order valence-electron chi connectivity index (χ0n) is 19.0. The van der Waals surface area contributed by atoms with Gasteiger partial charge in [-0.1, -0.05) is 29.8 Å². The van der Waals surface area contributed by atoms with Crippen LogP contribution in [0.4, 0.5) is 5.69 Å². The first-order valence-electron chi connectivity index (χ1n) is 11.5. The highest BCUT2D eigenvalue weighted by molar-refractivity contribution is 6.34. The lowest BCUT2D eigenvalue weighted by atomic mass is 9.80. The van der Waals surface area contributed by atoms with Crippen LogP contribution < -0.4 is 15.8 Å². The van der Waals surface area contributed by atoms with Gasteiger partial charge in [-0.3, -0.25) is 34.9 Å². The van der Waals surface area contributed by atoms with Crippen molar-refractivity contribution >= 4 is 70.1 Å². The number of hydrogen-bond acceptors (Lipinski definition) is 6. The topological polar surface area (TPSA) is 122 Å². The second kappa shape index (κ2) is 9.96. The fraction of sp³-hybridized carbons (Fsp3) is 0.320. The van der Waals surface area contributed by atoms with Crippen LogP contribution in [-0.2, 0) is 19.1 Å². The Hall–Kier alpha value is -3.14. The molecule has 5 rings (SSSR count). The summed E-state index contributed by atoms with van der Waals surface area (Å²) in [4.78, 5) is 64.1. The number of ether oxygens (including phenoxy) is 1. The average molecular weight is 565 g/mol. The number of nitrogens with zero attached hydrogens (tertiary/aromatic N) is 1. The predicted octanol–water partition coefficient (Wildman–Crippen LogP) is 2.93. The summed E-state index contributed by atoms with van der Waals surface area (Å²) in [5.74, 6) is -4.34. The van der Waals surface area contributed by atoms with Gasteiger partial charge in [-0.2, -0.15) is 0 Å². The van der Waals surface area contributed by atoms with E-state index in [4.69, 9.17) is 39.5 Å². The van der Waals surface area contributed by atoms with E-state index in [0.29, 0.717) is 6.42 Å². The third-order valence-corrected chi connectivity index (χ3v) is 8.74. The molecule has 2 aromatic rings. The Morgan fingerprint density at radius 2 is 1.57 bits per heavy atom. The number of halogens is 3. The van der Waals surface area contributed by atoms with Crippen molar-refractivity contribution < 1.29 is 28.7 Å². The molecule has 2 saturated carbocycles. The third kappa shape index (κ3) is 4.45. The summed E-state index contributed by atoms with van der Waals surface area (Å²) in [6.45, 7) is -0.685. The number of anilines is 1. The molecule has 2 aromatic carbocycles. The molecule has 192 valence electrons. The van der Waals surface area contributed by atoms with E-state index >= 15 is 0 Å². The van der Waals surface area contributed by atoms with Gasteiger partial charge >= 0.3 is 5.97 Å². The molecule has 3 fully saturated rings. The Bertz CT molecular complexity index is 1290. The van der Waals surface area contributed by atoms with Crippen LogP contribution >= 0.6 is 34.8 Å². The van der Waals surface area contributed by atoms with Gasteiger partial charge in [-0.25, -0.2) is 4.79 Å². The van der Waals surface area contributed by atoms with Crippen molar-refractivity contribution in [3.63, 3.8) is 0 Å². The van der Waals surface area contributed by atoms with Gasteiger partial charge in [0.1, 0.15) is 0 Å². The molecule has 2 bridgehead atoms. The van der Waals surface area contributed by atoms with Crippen molar-refractivity contribution in [2.75, 3.05) is 11.5 Å². The molecule has 12 heteroatoms. The average Bonchev–Trinajstić information content (AvgIpc) is 3.50. The lowest BCUT2D eigenvalue weighted by Crippen LogP contribution is -2.43. The normalized spacial score (nSPS) is 27.7. The van der Waals surface area contributed by atoms with E-state index in [9.17, 15) is 24.0 Å². The van der Waals surface area contributed by atoms with Crippen molar-refractivity contribution in [1.29, 1.82) is 0 Å². The molecule has 3 aliphatic rings. The van der Waals surface area contributed by atoms with E-state index in [0.717, 1.165) is 4.90 Å². The number of carbonyl (C=O) groups is 5. The van der Waals surface area contributed by atoms with Crippen LogP contribution in [0.2, 0.25) is 5.02 Å². The smallest absolute Gasteiger partial charge is 0.338 e. The summed E-state index contributed by atoms with van der Waals surface area (Å²) < 4.78 is 5.02. The highest BCUT2D eigenvalue weighted by atomic mass is 35.5. The van der Waals surface area contributed by atoms with Gasteiger partial charge < -0.3 is 4.74 Å². The second-order valence-corrected chi connectivity index (χ2v) is 10.5. The van der Waals surface area contributed by atoms with Crippen LogP contribution in [0.3, 0.4) is 0 Å². The van der Waals surface area contributed by atoms with Crippen molar-refractivity contribution in [1.82, 2.24) is 10.9 Å². The van der Waals surface area contributed by atoms with Gasteiger partial charge in [0.25, 0.3) is 11.8 Å². The maximum Gasteiger partial charge on any atom is 0.338 e. The lowest BCUT2D eigenvalue weighted by Gasteiger charge is -2.28. The summed E-state index contributed by atoms with van der Waals surface area (Å²) in [5, 5.41) is -0.533. The SMILES string of the molecule is O=C(COC(=O)c1cccc(N2C(=O)[C@@H]3[C@H]4C[C@@H]([C@H](Cl)[C@H]4Cl)[C@@H]3C2=O)c1)NNC(=O)c1ccccc1Cl. The molecular weight excluding hydrogens is 545 g/mol. The molecule has 2 aliphatic carbocycles. The number of benzene rings is 2. The molecule has 4 amide bonds. The largest absolute Gasteiger partial charge is 0.452 e. The molecule has 1 aliphatic heterocycles. The number of hydrazine groups is 1. The van der Waals surface area contributed by atoms with Crippen LogP contribution in [0.15, 0.2) is 48.5 Å². The van der Waals surface area contributed by atoms with Crippen LogP contribution in [0.25, 0.3) is 0 Å². The number of fused-ring (bicyclic) bond motifs is 5. The fourth-order valence-electron chi connectivity index (χ4n) is 5.46. The number of imide groups is 1. The minimum absolute atomic E-state index is 0.0384. The van der Waals surface area contributed by atoms with Crippen molar-refractivity contribution in [3.8, 4) is 0 Å². The highest BCUT2D eigenvalue weighted by Crippen LogP contribution is 2.59. The number of rotatable bonds is 5. The number of esters is 1. The van der Waals surface area contributed by atoms with Gasteiger partial charge in [0.05, 0.1) is 44.4 Å². The maximum atomic E-state index is 13.2. The van der Waals surface area contributed by atoms with Crippen molar-refractivity contribution in [2.24, 2.45) is 23.7 Å². The van der Waals surface area contributed by atoms with E-state index in [1.54, 1.807) is 18.2 Å². The zero-order valence-corrected chi connectivity index (χ0v) is 21.3. The van der Waals surface area contributed by atoms with Gasteiger partial charge in [-0.15, -0.1) is 23.2 Å². The van der Waals surface area contributed by atoms with Gasteiger partial charge in [0, 0.05) is 0 Å². The summed E-state index contributed by atoms with van der Waals surface area (Å²) in [6, 6.07) is 12.1. The maximum absolute atomic E-state index is 13.2. The molecule has 0 radical (unpaired) electrons. The molecule has 9 nitrogen and oxygen atoms in total. The molecule has 37 heavy (non-hydrogen) atoms. The molecule has 0 aromatic heterocycles. The number of amides is 4. The monoisotopic (exact) mass is 563 g/mol. The lowest BCUT2D eigenvalue weighted by molar-refractivity contribution is -0.125. The van der Waals surface area contributed by atoms with E-state index in [1.807, 2.05) is 0 Å². The minimum atomic E-state index is -0.851. The van der Waals surface area contributed by atoms with E-state index in [2.05, 4.69) is 10.9 Å². The fourth-order valence-corrected chi connectivity index (χ4v) is 6.58. The van der Waals surface area contributed by atoms with Crippen molar-refractivity contribution in [2.45, 2.75) is 17.2 Å². The van der Waals surface area contributed by atoms with E-state index < -0.39 is 36.2 Å². The van der Waals surface area contributed by atoms with Gasteiger partial charge in [0.2, 0.25) is 11.8 Å². The number of alkyl halides is 2. The quantitative estimate of drug-likeness (QED) is 0.249. The van der Waals surface area contributed by atoms with E-state index in [-0.39, 0.29) is 56.2 Å². The summed E-state index contributed by atoms with van der Waals surface area (Å²) in [5.41, 5.74) is 4.74. The Kier molecular flexibility index (Phi) is 6.87. The summed E-state index contributed by atoms with van der Waals surface area (Å²) in [6.07, 6.45) is 0.649. The Morgan fingerprint density at radius 1 is 0.919 bits per heavy atom. The van der Waals surface area contributed by atoms with Gasteiger partial charge in [0.15, 0.2) is 6.61 Å². The van der Waals surface area contributed by atoms with Crippen LogP contribution in [0, 0.1) is 23.7 Å². The predicted molar refractivity (Wildman–Crippen MR) is 134 cm³/mol. The van der Waals surface area contributed by atoms with Crippen LogP contribution in [-0.4, -0.2) is 47.0 Å². The molecule has 0 spiro atoms. The molecular formula is C25H20Cl3N3O6. The number of nitrogens with one attached hydrogen (secondary N) is 2. The Balaban J connectivity index is 1.20. The summed E-state index contributed by atoms with van der Waals surface area (Å²) >= 11 is 18.7. The first-order valence-corrected chi connectivity index (χ1v) is 12.7. The number of hydrogen-bond donors (Lipinski definition) is 2. The second-order valence-electron chi connectivity index (χ2n) is 9.12. The minimum Gasteiger partial charge on any atom is -0.452 e. The standard InChI is InChI=1S/C25H20Cl3N3O6/c26-16-7-2-1-6-13(16)22(33)30-29-17(32)10-37-25(36)11-4-3-5-12(8-11)31-23(34)18-14-9-15(19(18)24(31)35)21(28)20(14)27/h1-8,14-15,18-21H,9-10H2,(H,29,32)(H,30,33)/t14-,15-,18-,19+,20+,21+/m1/s1. The van der Waals surface area contributed by atoms with Crippen LogP contribution in [0.5, 0.6) is 0 Å². The Labute approximate surface area is 226 Å². The first-order chi connectivity index (χ1) is 17.7. The number of carbonyl (C=O) groups excluding carboxylic acids is 5. The molecule has 2 N–H and O–H groups in total. The Morgan fingerprint density at radius 3 is 2.22 bits per heavy atom. The highest BCUT2D eigenvalue weighted by Gasteiger charge is 2.66. The molecule has 1 saturated heterocycles. The zero-order chi connectivity index (χ0) is 26.4. The first kappa shape index (κ1) is 25.5. The molecule has 6 atom stereocenters. The third-order valence-electron chi connectivity index (χ3n) is 7.10. The molecule has 1 heterocycles. The van der Waals surface area contributed by atoms with Crippen LogP contribution in [0.1, 0.15) is 27.1 Å². The van der Waals surface area contributed by atoms with E-state index in [1.165, 1.54) is 30.3 Å². The molecule has 0 unspecified atom stereocenters. The van der Waals surface area contributed by atoms with Crippen molar-refractivity contribution in [3.05, 3.63) is 64.7 Å².